The van der Waals surface area contributed by atoms with Crippen LogP contribution in [0.2, 0.25) is 0 Å². The molecule has 0 fully saturated rings. The number of thioether (sulfide) groups is 1. The van der Waals surface area contributed by atoms with Crippen molar-refractivity contribution in [2.24, 2.45) is 0 Å². The molecule has 0 aliphatic rings. The minimum Gasteiger partial charge on any atom is -0.346 e. The molecule has 7 nitrogen and oxygen atoms in total. The molecule has 0 saturated heterocycles. The first-order valence-electron chi connectivity index (χ1n) is 10.1. The van der Waals surface area contributed by atoms with E-state index in [0.29, 0.717) is 11.7 Å². The number of aromatic nitrogens is 3. The van der Waals surface area contributed by atoms with Crippen LogP contribution in [0.25, 0.3) is 0 Å². The van der Waals surface area contributed by atoms with Crippen LogP contribution in [-0.4, -0.2) is 38.4 Å². The Morgan fingerprint density at radius 2 is 1.68 bits per heavy atom. The van der Waals surface area contributed by atoms with Crippen molar-refractivity contribution in [1.82, 2.24) is 20.1 Å². The zero-order valence-electron chi connectivity index (χ0n) is 18.2. The zero-order valence-corrected chi connectivity index (χ0v) is 19.0. The van der Waals surface area contributed by atoms with Crippen molar-refractivity contribution in [2.45, 2.75) is 44.6 Å². The normalized spacial score (nSPS) is 11.7. The van der Waals surface area contributed by atoms with Gasteiger partial charge < -0.3 is 15.2 Å². The second-order valence-electron chi connectivity index (χ2n) is 7.39. The Morgan fingerprint density at radius 1 is 1.00 bits per heavy atom. The second-order valence-corrected chi connectivity index (χ2v) is 8.70. The molecule has 2 aromatic carbocycles. The number of rotatable bonds is 8. The van der Waals surface area contributed by atoms with E-state index in [-0.39, 0.29) is 18.4 Å². The van der Waals surface area contributed by atoms with Gasteiger partial charge in [-0.15, -0.1) is 10.2 Å². The van der Waals surface area contributed by atoms with Crippen LogP contribution >= 0.6 is 11.8 Å². The highest BCUT2D eigenvalue weighted by atomic mass is 32.2. The maximum absolute atomic E-state index is 12.5. The molecule has 1 aromatic heterocycles. The summed E-state index contributed by atoms with van der Waals surface area (Å²) in [5, 5.41) is 14.2. The molecule has 0 radical (unpaired) electrons. The molecule has 31 heavy (non-hydrogen) atoms. The smallest absolute Gasteiger partial charge is 0.243 e. The molecule has 1 heterocycles. The molecule has 2 amide bonds. The quantitative estimate of drug-likeness (QED) is 0.527. The van der Waals surface area contributed by atoms with E-state index in [1.165, 1.54) is 11.8 Å². The van der Waals surface area contributed by atoms with E-state index in [1.807, 2.05) is 73.9 Å². The van der Waals surface area contributed by atoms with E-state index in [4.69, 9.17) is 0 Å². The summed E-state index contributed by atoms with van der Waals surface area (Å²) in [5.41, 5.74) is 3.88. The van der Waals surface area contributed by atoms with Crippen LogP contribution in [0.3, 0.4) is 0 Å². The van der Waals surface area contributed by atoms with E-state index >= 15 is 0 Å². The lowest BCUT2D eigenvalue weighted by Crippen LogP contribution is -2.37. The van der Waals surface area contributed by atoms with Gasteiger partial charge in [0, 0.05) is 5.69 Å². The number of nitrogens with zero attached hydrogens (tertiary/aromatic N) is 3. The largest absolute Gasteiger partial charge is 0.346 e. The molecule has 1 unspecified atom stereocenters. The van der Waals surface area contributed by atoms with Gasteiger partial charge in [-0.25, -0.2) is 0 Å². The molecule has 162 valence electrons. The van der Waals surface area contributed by atoms with E-state index in [1.54, 1.807) is 6.92 Å². The fourth-order valence-electron chi connectivity index (χ4n) is 3.11. The topological polar surface area (TPSA) is 88.9 Å². The molecule has 0 aliphatic carbocycles. The molecule has 0 saturated carbocycles. The highest BCUT2D eigenvalue weighted by Gasteiger charge is 2.20. The molecule has 3 aromatic rings. The minimum absolute atomic E-state index is 0.0900. The number of nitrogens with one attached hydrogen (secondary N) is 2. The summed E-state index contributed by atoms with van der Waals surface area (Å²) in [4.78, 5) is 24.8. The molecule has 0 aliphatic heterocycles. The first kappa shape index (κ1) is 22.6. The third kappa shape index (κ3) is 5.95. The van der Waals surface area contributed by atoms with Crippen molar-refractivity contribution in [3.05, 3.63) is 71.0 Å². The van der Waals surface area contributed by atoms with Crippen molar-refractivity contribution >= 4 is 29.3 Å². The molecule has 0 spiro atoms. The summed E-state index contributed by atoms with van der Waals surface area (Å²) < 4.78 is 1.98. The number of carbonyl (C=O) groups is 2. The predicted molar refractivity (Wildman–Crippen MR) is 123 cm³/mol. The van der Waals surface area contributed by atoms with Gasteiger partial charge in [0.2, 0.25) is 11.8 Å². The average molecular weight is 438 g/mol. The monoisotopic (exact) mass is 437 g/mol. The fourth-order valence-corrected chi connectivity index (χ4v) is 4.03. The van der Waals surface area contributed by atoms with E-state index < -0.39 is 5.25 Å². The number of para-hydroxylation sites is 1. The zero-order chi connectivity index (χ0) is 22.4. The second kappa shape index (κ2) is 10.3. The number of amides is 2. The Kier molecular flexibility index (Phi) is 7.46. The minimum atomic E-state index is -0.425. The summed E-state index contributed by atoms with van der Waals surface area (Å²) >= 11 is 1.32. The van der Waals surface area contributed by atoms with Gasteiger partial charge in [0.1, 0.15) is 5.82 Å². The van der Waals surface area contributed by atoms with Crippen LogP contribution < -0.4 is 10.6 Å². The number of carbonyl (C=O) groups excluding carboxylic acids is 2. The van der Waals surface area contributed by atoms with Gasteiger partial charge >= 0.3 is 0 Å². The third-order valence-electron chi connectivity index (χ3n) is 4.91. The summed E-state index contributed by atoms with van der Waals surface area (Å²) in [6.45, 7) is 8.10. The first-order valence-corrected chi connectivity index (χ1v) is 11.0. The van der Waals surface area contributed by atoms with Crippen molar-refractivity contribution in [3.63, 3.8) is 0 Å². The highest BCUT2D eigenvalue weighted by Crippen LogP contribution is 2.23. The Balaban J connectivity index is 1.56. The Hall–Kier alpha value is -3.13. The van der Waals surface area contributed by atoms with Crippen LogP contribution in [0.4, 0.5) is 5.69 Å². The summed E-state index contributed by atoms with van der Waals surface area (Å²) in [6.07, 6.45) is 0. The Labute approximate surface area is 186 Å². The van der Waals surface area contributed by atoms with Gasteiger partial charge in [0.05, 0.1) is 18.3 Å². The molecule has 1 atom stereocenters. The van der Waals surface area contributed by atoms with Gasteiger partial charge in [0.15, 0.2) is 5.16 Å². The first-order chi connectivity index (χ1) is 14.8. The summed E-state index contributed by atoms with van der Waals surface area (Å²) in [5.74, 6) is 0.298. The number of anilines is 1. The van der Waals surface area contributed by atoms with E-state index in [2.05, 4.69) is 20.8 Å². The molecular formula is C23H27N5O2S. The number of aryl methyl sites for hydroxylation is 3. The number of hydrogen-bond acceptors (Lipinski definition) is 5. The maximum Gasteiger partial charge on any atom is 0.243 e. The van der Waals surface area contributed by atoms with E-state index in [9.17, 15) is 9.59 Å². The van der Waals surface area contributed by atoms with Gasteiger partial charge in [-0.1, -0.05) is 60.3 Å². The van der Waals surface area contributed by atoms with Crippen molar-refractivity contribution < 1.29 is 9.59 Å². The lowest BCUT2D eigenvalue weighted by atomic mass is 10.1. The fraction of sp³-hybridized carbons (Fsp3) is 0.304. The third-order valence-corrected chi connectivity index (χ3v) is 5.99. The standard InChI is InChI=1S/C23H27N5O2S/c1-15-9-8-10-16(2)21(15)25-20(29)13-24-22(30)17(3)31-23-27-26-18(4)28(23)14-19-11-6-5-7-12-19/h5-12,17H,13-14H2,1-4H3,(H,24,30)(H,25,29). The summed E-state index contributed by atoms with van der Waals surface area (Å²) in [7, 11) is 0. The van der Waals surface area contributed by atoms with Gasteiger partial charge in [-0.3, -0.25) is 9.59 Å². The maximum atomic E-state index is 12.5. The molecule has 2 N–H and O–H groups in total. The molecule has 3 rings (SSSR count). The Bertz CT molecular complexity index is 1040. The predicted octanol–water partition coefficient (Wildman–Crippen LogP) is 3.49. The molecule has 0 bridgehead atoms. The molecule has 8 heteroatoms. The van der Waals surface area contributed by atoms with Gasteiger partial charge in [0.25, 0.3) is 0 Å². The average Bonchev–Trinajstić information content (AvgIpc) is 3.09. The van der Waals surface area contributed by atoms with Gasteiger partial charge in [-0.2, -0.15) is 0 Å². The number of benzene rings is 2. The SMILES string of the molecule is Cc1cccc(C)c1NC(=O)CNC(=O)C(C)Sc1nnc(C)n1Cc1ccccc1. The number of hydrogen-bond donors (Lipinski definition) is 2. The van der Waals surface area contributed by atoms with Crippen molar-refractivity contribution in [3.8, 4) is 0 Å². The Morgan fingerprint density at radius 3 is 2.35 bits per heavy atom. The molecular weight excluding hydrogens is 410 g/mol. The van der Waals surface area contributed by atoms with Gasteiger partial charge in [-0.05, 0) is 44.4 Å². The summed E-state index contributed by atoms with van der Waals surface area (Å²) in [6, 6.07) is 15.8. The van der Waals surface area contributed by atoms with Crippen LogP contribution in [0.15, 0.2) is 53.7 Å². The van der Waals surface area contributed by atoms with Crippen LogP contribution in [-0.2, 0) is 16.1 Å². The van der Waals surface area contributed by atoms with Crippen LogP contribution in [0, 0.1) is 20.8 Å². The highest BCUT2D eigenvalue weighted by molar-refractivity contribution is 8.00. The van der Waals surface area contributed by atoms with Crippen LogP contribution in [0.1, 0.15) is 29.4 Å². The lowest BCUT2D eigenvalue weighted by Gasteiger charge is -2.14. The lowest BCUT2D eigenvalue weighted by molar-refractivity contribution is -0.123. The van der Waals surface area contributed by atoms with Crippen LogP contribution in [0.5, 0.6) is 0 Å². The van der Waals surface area contributed by atoms with Crippen molar-refractivity contribution in [1.29, 1.82) is 0 Å². The van der Waals surface area contributed by atoms with Crippen molar-refractivity contribution in [2.75, 3.05) is 11.9 Å². The van der Waals surface area contributed by atoms with E-state index in [0.717, 1.165) is 28.2 Å².